The smallest absolute Gasteiger partial charge is 0.358 e. The first kappa shape index (κ1) is 14.6. The van der Waals surface area contributed by atoms with Crippen molar-refractivity contribution in [2.24, 2.45) is 0 Å². The van der Waals surface area contributed by atoms with Crippen molar-refractivity contribution >= 4 is 5.97 Å². The minimum Gasteiger partial charge on any atom is -0.476 e. The van der Waals surface area contributed by atoms with Crippen LogP contribution in [-0.4, -0.2) is 51.0 Å². The first-order valence-electron chi connectivity index (χ1n) is 5.61. The molecule has 0 saturated heterocycles. The van der Waals surface area contributed by atoms with E-state index in [2.05, 4.69) is 10.3 Å². The summed E-state index contributed by atoms with van der Waals surface area (Å²) in [4.78, 5) is 11.1. The second-order valence-electron chi connectivity index (χ2n) is 5.13. The van der Waals surface area contributed by atoms with Crippen LogP contribution in [-0.2, 0) is 16.7 Å². The summed E-state index contributed by atoms with van der Waals surface area (Å²) in [5, 5.41) is 26.2. The molecule has 7 nitrogen and oxygen atoms in total. The number of carboxylic acid groups (broad SMARTS) is 1. The fraction of sp³-hybridized carbons (Fsp3) is 0.727. The Kier molecular flexibility index (Phi) is 4.42. The number of hydrogen-bond acceptors (Lipinski definition) is 5. The number of aromatic nitrogens is 3. The van der Waals surface area contributed by atoms with Crippen molar-refractivity contribution in [2.45, 2.75) is 38.8 Å². The molecular weight excluding hydrogens is 238 g/mol. The normalized spacial score (nSPS) is 13.6. The van der Waals surface area contributed by atoms with Crippen LogP contribution in [0.4, 0.5) is 0 Å². The van der Waals surface area contributed by atoms with Gasteiger partial charge in [-0.2, -0.15) is 0 Å². The zero-order valence-corrected chi connectivity index (χ0v) is 11.0. The minimum absolute atomic E-state index is 0.0767. The second-order valence-corrected chi connectivity index (χ2v) is 5.13. The van der Waals surface area contributed by atoms with Crippen molar-refractivity contribution in [3.63, 3.8) is 0 Å². The summed E-state index contributed by atoms with van der Waals surface area (Å²) in [5.74, 6) is -1.12. The Morgan fingerprint density at radius 3 is 2.56 bits per heavy atom. The summed E-state index contributed by atoms with van der Waals surface area (Å²) in [5.41, 5.74) is -0.0124. The van der Waals surface area contributed by atoms with E-state index in [9.17, 15) is 9.90 Å². The van der Waals surface area contributed by atoms with Gasteiger partial charge in [-0.1, -0.05) is 26.0 Å². The van der Waals surface area contributed by atoms with Gasteiger partial charge in [0, 0.05) is 12.5 Å². The molecular formula is C11H19N3O4. The van der Waals surface area contributed by atoms with Gasteiger partial charge in [0.05, 0.1) is 24.9 Å². The first-order chi connectivity index (χ1) is 8.27. The molecule has 0 fully saturated rings. The van der Waals surface area contributed by atoms with Crippen molar-refractivity contribution in [3.05, 3.63) is 11.4 Å². The molecule has 0 saturated carbocycles. The molecule has 0 aliphatic rings. The van der Waals surface area contributed by atoms with Crippen LogP contribution in [0.5, 0.6) is 0 Å². The Balaban J connectivity index is 3.09. The van der Waals surface area contributed by atoms with Crippen LogP contribution in [0.3, 0.4) is 0 Å². The summed E-state index contributed by atoms with van der Waals surface area (Å²) in [6.07, 6.45) is -0.751. The van der Waals surface area contributed by atoms with Gasteiger partial charge in [-0.15, -0.1) is 5.10 Å². The molecule has 0 aromatic carbocycles. The van der Waals surface area contributed by atoms with Gasteiger partial charge in [-0.05, 0) is 0 Å². The van der Waals surface area contributed by atoms with Gasteiger partial charge in [0.15, 0.2) is 5.69 Å². The van der Waals surface area contributed by atoms with Gasteiger partial charge >= 0.3 is 5.97 Å². The molecule has 1 unspecified atom stereocenters. The summed E-state index contributed by atoms with van der Waals surface area (Å²) in [6.45, 7) is 5.93. The van der Waals surface area contributed by atoms with Crippen LogP contribution in [0.15, 0.2) is 0 Å². The maximum absolute atomic E-state index is 11.1. The fourth-order valence-electron chi connectivity index (χ4n) is 1.77. The number of aliphatic hydroxyl groups excluding tert-OH is 1. The van der Waals surface area contributed by atoms with Crippen LogP contribution >= 0.6 is 0 Å². The third-order valence-corrected chi connectivity index (χ3v) is 2.39. The van der Waals surface area contributed by atoms with E-state index in [1.54, 1.807) is 0 Å². The van der Waals surface area contributed by atoms with E-state index in [1.165, 1.54) is 11.8 Å². The molecule has 0 aliphatic carbocycles. The van der Waals surface area contributed by atoms with Gasteiger partial charge in [0.2, 0.25) is 0 Å². The predicted octanol–water partition coefficient (Wildman–Crippen LogP) is 0.281. The number of hydrogen-bond donors (Lipinski definition) is 2. The molecule has 1 atom stereocenters. The lowest BCUT2D eigenvalue weighted by Gasteiger charge is -2.21. The average Bonchev–Trinajstić information content (AvgIpc) is 2.61. The van der Waals surface area contributed by atoms with E-state index < -0.39 is 17.5 Å². The largest absolute Gasteiger partial charge is 0.476 e. The van der Waals surface area contributed by atoms with Crippen molar-refractivity contribution in [3.8, 4) is 0 Å². The van der Waals surface area contributed by atoms with Crippen molar-refractivity contribution in [1.82, 2.24) is 15.0 Å². The first-order valence-corrected chi connectivity index (χ1v) is 5.61. The van der Waals surface area contributed by atoms with Gasteiger partial charge in [0.1, 0.15) is 0 Å². The second kappa shape index (κ2) is 5.45. The quantitative estimate of drug-likeness (QED) is 0.786. The van der Waals surface area contributed by atoms with Gasteiger partial charge in [-0.25, -0.2) is 9.48 Å². The van der Waals surface area contributed by atoms with E-state index in [-0.39, 0.29) is 18.8 Å². The Labute approximate surface area is 105 Å². The monoisotopic (exact) mass is 257 g/mol. The molecule has 0 radical (unpaired) electrons. The maximum Gasteiger partial charge on any atom is 0.358 e. The molecule has 1 heterocycles. The number of carboxylic acids is 1. The predicted molar refractivity (Wildman–Crippen MR) is 63.6 cm³/mol. The molecule has 0 aliphatic heterocycles. The third kappa shape index (κ3) is 3.27. The molecule has 0 amide bonds. The lowest BCUT2D eigenvalue weighted by molar-refractivity contribution is 0.0498. The zero-order chi connectivity index (χ0) is 13.9. The summed E-state index contributed by atoms with van der Waals surface area (Å²) < 4.78 is 6.25. The van der Waals surface area contributed by atoms with E-state index in [1.807, 2.05) is 20.8 Å². The van der Waals surface area contributed by atoms with Crippen molar-refractivity contribution in [2.75, 3.05) is 13.7 Å². The molecule has 2 N–H and O–H groups in total. The number of nitrogens with zero attached hydrogens (tertiary/aromatic N) is 3. The number of rotatable bonds is 5. The maximum atomic E-state index is 11.1. The van der Waals surface area contributed by atoms with E-state index in [0.29, 0.717) is 5.69 Å². The van der Waals surface area contributed by atoms with E-state index >= 15 is 0 Å². The van der Waals surface area contributed by atoms with Gasteiger partial charge in [-0.3, -0.25) is 0 Å². The average molecular weight is 257 g/mol. The summed E-state index contributed by atoms with van der Waals surface area (Å²) in [6, 6.07) is 0. The number of methoxy groups -OCH3 is 1. The molecule has 1 aromatic heterocycles. The van der Waals surface area contributed by atoms with Crippen LogP contribution in [0.1, 0.15) is 37.0 Å². The summed E-state index contributed by atoms with van der Waals surface area (Å²) in [7, 11) is 1.48. The van der Waals surface area contributed by atoms with E-state index in [4.69, 9.17) is 9.84 Å². The molecule has 102 valence electrons. The highest BCUT2D eigenvalue weighted by Crippen LogP contribution is 2.24. The lowest BCUT2D eigenvalue weighted by atomic mass is 9.90. The SMILES string of the molecule is COCC(O)Cn1nnc(C(=O)O)c1C(C)(C)C. The lowest BCUT2D eigenvalue weighted by Crippen LogP contribution is -2.27. The Bertz CT molecular complexity index is 422. The Hall–Kier alpha value is -1.47. The highest BCUT2D eigenvalue weighted by atomic mass is 16.5. The van der Waals surface area contributed by atoms with E-state index in [0.717, 1.165) is 0 Å². The fourth-order valence-corrected chi connectivity index (χ4v) is 1.77. The molecule has 1 aromatic rings. The number of ether oxygens (including phenoxy) is 1. The number of aromatic carboxylic acids is 1. The highest BCUT2D eigenvalue weighted by molar-refractivity contribution is 5.86. The number of aliphatic hydroxyl groups is 1. The standard InChI is InChI=1S/C11H19N3O4/c1-11(2,3)9-8(10(16)17)12-13-14(9)5-7(15)6-18-4/h7,15H,5-6H2,1-4H3,(H,16,17). The molecule has 0 bridgehead atoms. The summed E-state index contributed by atoms with van der Waals surface area (Å²) >= 11 is 0. The van der Waals surface area contributed by atoms with Crippen molar-refractivity contribution in [1.29, 1.82) is 0 Å². The zero-order valence-electron chi connectivity index (χ0n) is 11.0. The molecule has 18 heavy (non-hydrogen) atoms. The van der Waals surface area contributed by atoms with Crippen LogP contribution in [0.2, 0.25) is 0 Å². The van der Waals surface area contributed by atoms with Crippen molar-refractivity contribution < 1.29 is 19.7 Å². The Morgan fingerprint density at radius 1 is 1.50 bits per heavy atom. The topological polar surface area (TPSA) is 97.5 Å². The van der Waals surface area contributed by atoms with Crippen LogP contribution < -0.4 is 0 Å². The molecule has 0 spiro atoms. The van der Waals surface area contributed by atoms with Gasteiger partial charge < -0.3 is 14.9 Å². The third-order valence-electron chi connectivity index (χ3n) is 2.39. The Morgan fingerprint density at radius 2 is 2.11 bits per heavy atom. The minimum atomic E-state index is -1.12. The van der Waals surface area contributed by atoms with Crippen LogP contribution in [0, 0.1) is 0 Å². The highest BCUT2D eigenvalue weighted by Gasteiger charge is 2.29. The molecule has 1 rings (SSSR count). The van der Waals surface area contributed by atoms with Gasteiger partial charge in [0.25, 0.3) is 0 Å². The van der Waals surface area contributed by atoms with Crippen LogP contribution in [0.25, 0.3) is 0 Å². The number of carbonyl (C=O) groups is 1. The molecule has 7 heteroatoms.